The largest absolute Gasteiger partial charge is 0.489 e. The average molecular weight is 442 g/mol. The molecule has 33 heavy (non-hydrogen) atoms. The predicted molar refractivity (Wildman–Crippen MR) is 131 cm³/mol. The van der Waals surface area contributed by atoms with E-state index in [0.717, 1.165) is 48.6 Å². The van der Waals surface area contributed by atoms with Gasteiger partial charge >= 0.3 is 0 Å². The molecular weight excluding hydrogens is 414 g/mol. The third kappa shape index (κ3) is 4.71. The molecule has 1 amide bonds. The number of furan rings is 1. The fourth-order valence-corrected chi connectivity index (χ4v) is 4.11. The van der Waals surface area contributed by atoms with Gasteiger partial charge in [0.2, 0.25) is 0 Å². The zero-order valence-electron chi connectivity index (χ0n) is 18.7. The summed E-state index contributed by atoms with van der Waals surface area (Å²) in [5.74, 6) is 0.731. The highest BCUT2D eigenvalue weighted by Crippen LogP contribution is 2.28. The van der Waals surface area contributed by atoms with Crippen molar-refractivity contribution in [3.05, 3.63) is 90.2 Å². The Hall–Kier alpha value is -3.77. The van der Waals surface area contributed by atoms with Crippen LogP contribution in [0.3, 0.4) is 0 Å². The number of hydrogen-bond donors (Lipinski definition) is 1. The molecule has 6 heteroatoms. The standard InChI is InChI=1S/C27H27N3O3/c1-29-15-17-30(18-16-29)21-13-11-20(12-14-21)28-27(31)26-24(19-32-22-7-3-2-4-8-22)23-9-5-6-10-25(23)33-26/h2-14H,15-19H2,1H3,(H,28,31). The van der Waals surface area contributed by atoms with Crippen molar-refractivity contribution >= 4 is 28.3 Å². The summed E-state index contributed by atoms with van der Waals surface area (Å²) in [7, 11) is 2.15. The molecule has 4 aromatic rings. The molecule has 1 aliphatic heterocycles. The molecule has 1 aromatic heterocycles. The lowest BCUT2D eigenvalue weighted by atomic mass is 10.1. The Morgan fingerprint density at radius 3 is 2.36 bits per heavy atom. The number of carbonyl (C=O) groups excluding carboxylic acids is 1. The summed E-state index contributed by atoms with van der Waals surface area (Å²) in [6.07, 6.45) is 0. The molecule has 1 saturated heterocycles. The van der Waals surface area contributed by atoms with E-state index in [1.165, 1.54) is 5.69 Å². The second kappa shape index (κ2) is 9.38. The van der Waals surface area contributed by atoms with Gasteiger partial charge in [0.05, 0.1) is 0 Å². The Bertz CT molecular complexity index is 1230. The third-order valence-corrected chi connectivity index (χ3v) is 6.02. The minimum absolute atomic E-state index is 0.242. The minimum atomic E-state index is -0.287. The highest BCUT2D eigenvalue weighted by atomic mass is 16.5. The van der Waals surface area contributed by atoms with Crippen LogP contribution < -0.4 is 15.0 Å². The second-order valence-corrected chi connectivity index (χ2v) is 8.30. The number of rotatable bonds is 6. The fraction of sp³-hybridized carbons (Fsp3) is 0.222. The van der Waals surface area contributed by atoms with Crippen LogP contribution >= 0.6 is 0 Å². The van der Waals surface area contributed by atoms with Gasteiger partial charge < -0.3 is 24.3 Å². The molecule has 2 heterocycles. The number of nitrogens with zero attached hydrogens (tertiary/aromatic N) is 2. The first-order valence-corrected chi connectivity index (χ1v) is 11.2. The molecule has 5 rings (SSSR count). The van der Waals surface area contributed by atoms with E-state index in [0.29, 0.717) is 5.58 Å². The van der Waals surface area contributed by atoms with Crippen LogP contribution in [0.25, 0.3) is 11.0 Å². The number of hydrogen-bond acceptors (Lipinski definition) is 5. The number of fused-ring (bicyclic) bond motifs is 1. The molecule has 0 radical (unpaired) electrons. The van der Waals surface area contributed by atoms with Gasteiger partial charge in [0.25, 0.3) is 5.91 Å². The number of nitrogens with one attached hydrogen (secondary N) is 1. The van der Waals surface area contributed by atoms with Crippen molar-refractivity contribution in [2.45, 2.75) is 6.61 Å². The maximum atomic E-state index is 13.2. The predicted octanol–water partition coefficient (Wildman–Crippen LogP) is 5.02. The molecule has 1 aliphatic rings. The number of benzene rings is 3. The van der Waals surface area contributed by atoms with Gasteiger partial charge in [-0.15, -0.1) is 0 Å². The van der Waals surface area contributed by atoms with E-state index in [1.54, 1.807) is 0 Å². The summed E-state index contributed by atoms with van der Waals surface area (Å²) >= 11 is 0. The smallest absolute Gasteiger partial charge is 0.291 e. The molecular formula is C27H27N3O3. The Kier molecular flexibility index (Phi) is 6.00. The molecule has 0 bridgehead atoms. The highest BCUT2D eigenvalue weighted by Gasteiger charge is 2.21. The van der Waals surface area contributed by atoms with E-state index < -0.39 is 0 Å². The van der Waals surface area contributed by atoms with Gasteiger partial charge in [-0.25, -0.2) is 0 Å². The maximum Gasteiger partial charge on any atom is 0.291 e. The lowest BCUT2D eigenvalue weighted by molar-refractivity contribution is 0.0995. The lowest BCUT2D eigenvalue weighted by Gasteiger charge is -2.34. The number of ether oxygens (including phenoxy) is 1. The molecule has 6 nitrogen and oxygen atoms in total. The highest BCUT2D eigenvalue weighted by molar-refractivity contribution is 6.06. The van der Waals surface area contributed by atoms with Gasteiger partial charge in [0.1, 0.15) is 17.9 Å². The molecule has 0 spiro atoms. The molecule has 0 aliphatic carbocycles. The van der Waals surface area contributed by atoms with Crippen molar-refractivity contribution in [1.82, 2.24) is 4.90 Å². The molecule has 0 saturated carbocycles. The van der Waals surface area contributed by atoms with E-state index >= 15 is 0 Å². The van der Waals surface area contributed by atoms with Crippen LogP contribution in [-0.2, 0) is 6.61 Å². The van der Waals surface area contributed by atoms with E-state index in [1.807, 2.05) is 66.7 Å². The normalized spacial score (nSPS) is 14.4. The summed E-state index contributed by atoms with van der Waals surface area (Å²) in [5, 5.41) is 3.86. The van der Waals surface area contributed by atoms with E-state index in [2.05, 4.69) is 34.3 Å². The summed E-state index contributed by atoms with van der Waals surface area (Å²) < 4.78 is 11.9. The van der Waals surface area contributed by atoms with Crippen LogP contribution in [0.1, 0.15) is 16.1 Å². The Morgan fingerprint density at radius 2 is 1.61 bits per heavy atom. The van der Waals surface area contributed by atoms with Crippen LogP contribution in [-0.4, -0.2) is 44.0 Å². The van der Waals surface area contributed by atoms with Crippen LogP contribution in [0.5, 0.6) is 5.75 Å². The molecule has 3 aromatic carbocycles. The van der Waals surface area contributed by atoms with Crippen molar-refractivity contribution in [3.63, 3.8) is 0 Å². The first kappa shape index (κ1) is 21.1. The summed E-state index contributed by atoms with van der Waals surface area (Å²) in [4.78, 5) is 17.9. The Labute approximate surface area is 193 Å². The van der Waals surface area contributed by atoms with Crippen molar-refractivity contribution in [3.8, 4) is 5.75 Å². The quantitative estimate of drug-likeness (QED) is 0.456. The molecule has 168 valence electrons. The first-order valence-electron chi connectivity index (χ1n) is 11.2. The molecule has 0 atom stereocenters. The Morgan fingerprint density at radius 1 is 0.909 bits per heavy atom. The number of amides is 1. The van der Waals surface area contributed by atoms with E-state index in [9.17, 15) is 4.79 Å². The lowest BCUT2D eigenvalue weighted by Crippen LogP contribution is -2.44. The fourth-order valence-electron chi connectivity index (χ4n) is 4.11. The Balaban J connectivity index is 1.33. The van der Waals surface area contributed by atoms with Crippen LogP contribution in [0.4, 0.5) is 11.4 Å². The van der Waals surface area contributed by atoms with Crippen LogP contribution in [0, 0.1) is 0 Å². The zero-order valence-corrected chi connectivity index (χ0v) is 18.7. The number of carbonyl (C=O) groups is 1. The average Bonchev–Trinajstić information content (AvgIpc) is 3.23. The topological polar surface area (TPSA) is 58.0 Å². The molecule has 1 N–H and O–H groups in total. The number of likely N-dealkylation sites (N-methyl/N-ethyl adjacent to an activating group) is 1. The van der Waals surface area contributed by atoms with Gasteiger partial charge in [0, 0.05) is 48.5 Å². The maximum absolute atomic E-state index is 13.2. The van der Waals surface area contributed by atoms with Crippen molar-refractivity contribution < 1.29 is 13.9 Å². The summed E-state index contributed by atoms with van der Waals surface area (Å²) in [6.45, 7) is 4.36. The van der Waals surface area contributed by atoms with Crippen molar-refractivity contribution in [2.24, 2.45) is 0 Å². The van der Waals surface area contributed by atoms with Crippen LogP contribution in [0.15, 0.2) is 83.3 Å². The minimum Gasteiger partial charge on any atom is -0.489 e. The van der Waals surface area contributed by atoms with E-state index in [-0.39, 0.29) is 18.3 Å². The second-order valence-electron chi connectivity index (χ2n) is 8.30. The van der Waals surface area contributed by atoms with Crippen molar-refractivity contribution in [2.75, 3.05) is 43.4 Å². The van der Waals surface area contributed by atoms with Gasteiger partial charge in [0.15, 0.2) is 5.76 Å². The zero-order chi connectivity index (χ0) is 22.6. The van der Waals surface area contributed by atoms with Gasteiger partial charge in [-0.1, -0.05) is 36.4 Å². The molecule has 0 unspecified atom stereocenters. The first-order chi connectivity index (χ1) is 16.2. The van der Waals surface area contributed by atoms with Crippen molar-refractivity contribution in [1.29, 1.82) is 0 Å². The van der Waals surface area contributed by atoms with Gasteiger partial charge in [-0.2, -0.15) is 0 Å². The van der Waals surface area contributed by atoms with Gasteiger partial charge in [-0.3, -0.25) is 4.79 Å². The SMILES string of the molecule is CN1CCN(c2ccc(NC(=O)c3oc4ccccc4c3COc3ccccc3)cc2)CC1. The number of para-hydroxylation sites is 2. The summed E-state index contributed by atoms with van der Waals surface area (Å²) in [6, 6.07) is 25.2. The third-order valence-electron chi connectivity index (χ3n) is 6.02. The number of piperazine rings is 1. The number of anilines is 2. The monoisotopic (exact) mass is 441 g/mol. The van der Waals surface area contributed by atoms with Crippen LogP contribution in [0.2, 0.25) is 0 Å². The summed E-state index contributed by atoms with van der Waals surface area (Å²) in [5.41, 5.74) is 3.30. The van der Waals surface area contributed by atoms with E-state index in [4.69, 9.17) is 9.15 Å². The van der Waals surface area contributed by atoms with Gasteiger partial charge in [-0.05, 0) is 49.5 Å². The molecule has 1 fully saturated rings.